The number of thiazole rings is 1. The monoisotopic (exact) mass is 390 g/mol. The summed E-state index contributed by atoms with van der Waals surface area (Å²) in [5, 5.41) is 7.94. The lowest BCUT2D eigenvalue weighted by atomic mass is 10.3. The third-order valence-electron chi connectivity index (χ3n) is 3.23. The smallest absolute Gasteiger partial charge is 0.291 e. The largest absolute Gasteiger partial charge is 0.459 e. The lowest BCUT2D eigenvalue weighted by Gasteiger charge is -2.00. The summed E-state index contributed by atoms with van der Waals surface area (Å²) in [6.45, 7) is 1.77. The zero-order valence-corrected chi connectivity index (χ0v) is 15.2. The number of nitrogens with one attached hydrogen (secondary N) is 2. The topological polar surface area (TPSA) is 127 Å². The summed E-state index contributed by atoms with van der Waals surface area (Å²) in [5.41, 5.74) is 6.35. The molecule has 3 aromatic rings. The Balaban J connectivity index is 1.68. The van der Waals surface area contributed by atoms with Gasteiger partial charge in [0.05, 0.1) is 28.3 Å². The average Bonchev–Trinajstić information content (AvgIpc) is 3.28. The number of furan rings is 1. The number of carbonyl (C=O) groups is 3. The first-order chi connectivity index (χ1) is 12.4. The first-order valence-electron chi connectivity index (χ1n) is 7.41. The van der Waals surface area contributed by atoms with Gasteiger partial charge in [0.1, 0.15) is 0 Å². The first kappa shape index (κ1) is 17.8. The van der Waals surface area contributed by atoms with Crippen LogP contribution in [0.15, 0.2) is 34.3 Å². The van der Waals surface area contributed by atoms with Crippen LogP contribution < -0.4 is 16.4 Å². The van der Waals surface area contributed by atoms with E-state index in [2.05, 4.69) is 15.6 Å². The third kappa shape index (κ3) is 4.16. The van der Waals surface area contributed by atoms with Crippen LogP contribution in [0.3, 0.4) is 0 Å². The van der Waals surface area contributed by atoms with Crippen molar-refractivity contribution in [2.24, 2.45) is 5.73 Å². The Kier molecular flexibility index (Phi) is 5.14. The van der Waals surface area contributed by atoms with Gasteiger partial charge in [-0.3, -0.25) is 19.7 Å². The molecule has 4 N–H and O–H groups in total. The molecule has 0 aliphatic heterocycles. The van der Waals surface area contributed by atoms with Crippen molar-refractivity contribution in [1.29, 1.82) is 0 Å². The fourth-order valence-electron chi connectivity index (χ4n) is 2.13. The molecule has 0 bridgehead atoms. The fraction of sp³-hybridized carbons (Fsp3) is 0.125. The Bertz CT molecular complexity index is 959. The first-order valence-corrected chi connectivity index (χ1v) is 9.11. The van der Waals surface area contributed by atoms with Crippen molar-refractivity contribution >= 4 is 50.5 Å². The highest BCUT2D eigenvalue weighted by molar-refractivity contribution is 7.18. The van der Waals surface area contributed by atoms with Gasteiger partial charge >= 0.3 is 0 Å². The van der Waals surface area contributed by atoms with Crippen molar-refractivity contribution in [2.45, 2.75) is 13.3 Å². The molecule has 0 aromatic carbocycles. The summed E-state index contributed by atoms with van der Waals surface area (Å²) in [6, 6.07) is 4.88. The number of hydrogen-bond donors (Lipinski definition) is 3. The quantitative estimate of drug-likeness (QED) is 0.596. The zero-order chi connectivity index (χ0) is 18.7. The van der Waals surface area contributed by atoms with Crippen LogP contribution in [-0.2, 0) is 11.2 Å². The molecule has 10 heteroatoms. The Morgan fingerprint density at radius 1 is 1.27 bits per heavy atom. The van der Waals surface area contributed by atoms with E-state index in [1.165, 1.54) is 17.6 Å². The highest BCUT2D eigenvalue weighted by Gasteiger charge is 2.18. The second kappa shape index (κ2) is 7.50. The Hall–Kier alpha value is -2.98. The Labute approximate surface area is 156 Å². The molecule has 3 aromatic heterocycles. The van der Waals surface area contributed by atoms with Crippen LogP contribution in [0.5, 0.6) is 0 Å². The molecule has 0 saturated heterocycles. The van der Waals surface area contributed by atoms with E-state index in [0.29, 0.717) is 20.7 Å². The molecule has 0 aliphatic carbocycles. The predicted octanol–water partition coefficient (Wildman–Crippen LogP) is 2.64. The Morgan fingerprint density at radius 3 is 2.77 bits per heavy atom. The number of thiophene rings is 1. The number of carbonyl (C=O) groups excluding carboxylic acids is 3. The van der Waals surface area contributed by atoms with E-state index < -0.39 is 5.91 Å². The number of hydrogen-bond acceptors (Lipinski definition) is 7. The van der Waals surface area contributed by atoms with Crippen LogP contribution >= 0.6 is 22.7 Å². The van der Waals surface area contributed by atoms with Crippen LogP contribution in [0.2, 0.25) is 0 Å². The predicted molar refractivity (Wildman–Crippen MR) is 98.7 cm³/mol. The van der Waals surface area contributed by atoms with Crippen LogP contribution in [0.25, 0.3) is 0 Å². The van der Waals surface area contributed by atoms with E-state index in [1.807, 2.05) is 0 Å². The molecule has 134 valence electrons. The summed E-state index contributed by atoms with van der Waals surface area (Å²) >= 11 is 2.35. The molecular formula is C16H14N4O4S2. The van der Waals surface area contributed by atoms with E-state index in [9.17, 15) is 14.4 Å². The molecule has 3 rings (SSSR count). The van der Waals surface area contributed by atoms with Crippen LogP contribution in [0.4, 0.5) is 10.1 Å². The van der Waals surface area contributed by atoms with Crippen LogP contribution in [0.1, 0.15) is 31.5 Å². The molecule has 0 fully saturated rings. The highest BCUT2D eigenvalue weighted by Crippen LogP contribution is 2.28. The molecule has 26 heavy (non-hydrogen) atoms. The maximum atomic E-state index is 12.4. The number of nitrogens with zero attached hydrogens (tertiary/aromatic N) is 1. The summed E-state index contributed by atoms with van der Waals surface area (Å²) in [5.74, 6) is -1.03. The van der Waals surface area contributed by atoms with E-state index in [1.54, 1.807) is 30.5 Å². The molecule has 0 aliphatic rings. The van der Waals surface area contributed by atoms with Gasteiger partial charge in [0.15, 0.2) is 10.9 Å². The van der Waals surface area contributed by atoms with Crippen molar-refractivity contribution in [3.05, 3.63) is 51.7 Å². The van der Waals surface area contributed by atoms with Gasteiger partial charge in [-0.2, -0.15) is 0 Å². The number of rotatable bonds is 6. The van der Waals surface area contributed by atoms with Crippen molar-refractivity contribution in [3.8, 4) is 0 Å². The minimum Gasteiger partial charge on any atom is -0.459 e. The van der Waals surface area contributed by atoms with Crippen molar-refractivity contribution in [2.75, 3.05) is 10.6 Å². The minimum atomic E-state index is -0.487. The number of amides is 3. The SMILES string of the molecule is Cc1cc(NC(=O)c2ccco2)sc1C(=O)Nc1nc(CC(N)=O)cs1. The molecule has 0 spiro atoms. The lowest BCUT2D eigenvalue weighted by molar-refractivity contribution is -0.117. The van der Waals surface area contributed by atoms with Crippen molar-refractivity contribution in [1.82, 2.24) is 4.98 Å². The standard InChI is InChI=1S/C16H14N4O4S2/c1-8-5-12(19-14(22)10-3-2-4-24-10)26-13(8)15(23)20-16-18-9(7-25-16)6-11(17)21/h2-5,7H,6H2,1H3,(H2,17,21)(H,19,22)(H,18,20,23). The van der Waals surface area contributed by atoms with Gasteiger partial charge in [0.25, 0.3) is 11.8 Å². The van der Waals surface area contributed by atoms with Crippen molar-refractivity contribution < 1.29 is 18.8 Å². The number of aromatic nitrogens is 1. The maximum Gasteiger partial charge on any atom is 0.291 e. The van der Waals surface area contributed by atoms with Crippen LogP contribution in [-0.4, -0.2) is 22.7 Å². The average molecular weight is 390 g/mol. The summed E-state index contributed by atoms with van der Waals surface area (Å²) in [7, 11) is 0. The lowest BCUT2D eigenvalue weighted by Crippen LogP contribution is -2.14. The van der Waals surface area contributed by atoms with Gasteiger partial charge in [-0.15, -0.1) is 22.7 Å². The zero-order valence-electron chi connectivity index (χ0n) is 13.6. The maximum absolute atomic E-state index is 12.4. The highest BCUT2D eigenvalue weighted by atomic mass is 32.1. The van der Waals surface area contributed by atoms with Gasteiger partial charge < -0.3 is 15.5 Å². The number of aryl methyl sites for hydroxylation is 1. The van der Waals surface area contributed by atoms with Gasteiger partial charge in [-0.05, 0) is 30.7 Å². The van der Waals surface area contributed by atoms with Gasteiger partial charge in [-0.1, -0.05) is 0 Å². The molecule has 0 radical (unpaired) electrons. The summed E-state index contributed by atoms with van der Waals surface area (Å²) < 4.78 is 5.03. The fourth-order valence-corrected chi connectivity index (χ4v) is 3.80. The summed E-state index contributed by atoms with van der Waals surface area (Å²) in [6.07, 6.45) is 1.43. The molecule has 8 nitrogen and oxygen atoms in total. The summed E-state index contributed by atoms with van der Waals surface area (Å²) in [4.78, 5) is 39.9. The molecule has 0 saturated carbocycles. The Morgan fingerprint density at radius 2 is 2.08 bits per heavy atom. The van der Waals surface area contributed by atoms with Gasteiger partial charge in [-0.25, -0.2) is 4.98 Å². The molecule has 0 unspecified atom stereocenters. The number of primary amides is 1. The van der Waals surface area contributed by atoms with Crippen LogP contribution in [0, 0.1) is 6.92 Å². The van der Waals surface area contributed by atoms with E-state index in [-0.39, 0.29) is 24.0 Å². The molecular weight excluding hydrogens is 376 g/mol. The van der Waals surface area contributed by atoms with Gasteiger partial charge in [0, 0.05) is 5.38 Å². The van der Waals surface area contributed by atoms with E-state index in [4.69, 9.17) is 10.2 Å². The van der Waals surface area contributed by atoms with Crippen molar-refractivity contribution in [3.63, 3.8) is 0 Å². The number of nitrogens with two attached hydrogens (primary N) is 1. The normalized spacial score (nSPS) is 10.5. The molecule has 3 amide bonds. The minimum absolute atomic E-state index is 0.0212. The van der Waals surface area contributed by atoms with Gasteiger partial charge in [0.2, 0.25) is 5.91 Å². The number of anilines is 2. The molecule has 3 heterocycles. The second-order valence-electron chi connectivity index (χ2n) is 5.30. The van der Waals surface area contributed by atoms with E-state index in [0.717, 1.165) is 16.9 Å². The second-order valence-corrected chi connectivity index (χ2v) is 7.21. The van der Waals surface area contributed by atoms with E-state index >= 15 is 0 Å². The molecule has 0 atom stereocenters. The third-order valence-corrected chi connectivity index (χ3v) is 5.19.